The van der Waals surface area contributed by atoms with E-state index in [0.29, 0.717) is 12.5 Å². The molecule has 1 saturated carbocycles. The molecule has 3 N–H and O–H groups in total. The van der Waals surface area contributed by atoms with Gasteiger partial charge < -0.3 is 11.1 Å². The second kappa shape index (κ2) is 6.31. The van der Waals surface area contributed by atoms with Crippen molar-refractivity contribution in [3.05, 3.63) is 41.7 Å². The van der Waals surface area contributed by atoms with Crippen LogP contribution < -0.4 is 11.1 Å². The highest BCUT2D eigenvalue weighted by atomic mass is 15.3. The molecule has 0 spiro atoms. The predicted octanol–water partition coefficient (Wildman–Crippen LogP) is 3.21. The van der Waals surface area contributed by atoms with Gasteiger partial charge in [-0.05, 0) is 37.5 Å². The third-order valence-electron chi connectivity index (χ3n) is 4.25. The molecule has 1 aliphatic carbocycles. The summed E-state index contributed by atoms with van der Waals surface area (Å²) >= 11 is 0. The first kappa shape index (κ1) is 14.1. The van der Waals surface area contributed by atoms with Crippen molar-refractivity contribution in [3.63, 3.8) is 0 Å². The first-order valence-electron chi connectivity index (χ1n) is 7.88. The molecule has 0 aliphatic heterocycles. The Labute approximate surface area is 126 Å². The number of anilines is 1. The van der Waals surface area contributed by atoms with Gasteiger partial charge in [-0.3, -0.25) is 0 Å². The van der Waals surface area contributed by atoms with E-state index >= 15 is 0 Å². The van der Waals surface area contributed by atoms with Gasteiger partial charge in [-0.15, -0.1) is 0 Å². The van der Waals surface area contributed by atoms with E-state index in [1.807, 2.05) is 6.20 Å². The highest BCUT2D eigenvalue weighted by molar-refractivity contribution is 5.52. The van der Waals surface area contributed by atoms with Crippen LogP contribution in [0.4, 0.5) is 5.69 Å². The number of hydrogen-bond donors (Lipinski definition) is 2. The van der Waals surface area contributed by atoms with Gasteiger partial charge in [0.05, 0.1) is 23.3 Å². The van der Waals surface area contributed by atoms with E-state index in [4.69, 9.17) is 5.73 Å². The first-order chi connectivity index (χ1) is 10.3. The minimum atomic E-state index is 0.605. The molecule has 1 aromatic heterocycles. The van der Waals surface area contributed by atoms with Crippen LogP contribution in [0.25, 0.3) is 5.69 Å². The Balaban J connectivity index is 2.01. The molecule has 0 atom stereocenters. The van der Waals surface area contributed by atoms with Crippen LogP contribution in [0.3, 0.4) is 0 Å². The number of rotatable bonds is 5. The molecule has 1 aromatic carbocycles. The number of benzene rings is 1. The molecule has 0 saturated heterocycles. The maximum atomic E-state index is 5.63. The monoisotopic (exact) mass is 284 g/mol. The molecular formula is C17H24N4. The Bertz CT molecular complexity index is 597. The van der Waals surface area contributed by atoms with Crippen LogP contribution in [0, 0.1) is 6.92 Å². The Hall–Kier alpha value is -1.81. The van der Waals surface area contributed by atoms with Crippen LogP contribution in [0.2, 0.25) is 0 Å². The highest BCUT2D eigenvalue weighted by Gasteiger charge is 2.25. The molecule has 1 fully saturated rings. The number of hydrogen-bond acceptors (Lipinski definition) is 3. The van der Waals surface area contributed by atoms with Crippen LogP contribution in [-0.2, 0) is 0 Å². The zero-order chi connectivity index (χ0) is 14.7. The minimum absolute atomic E-state index is 0.605. The van der Waals surface area contributed by atoms with Gasteiger partial charge in [0.1, 0.15) is 0 Å². The molecule has 4 heteroatoms. The largest absolute Gasteiger partial charge is 0.381 e. The normalized spacial score (nSPS) is 15.5. The highest BCUT2D eigenvalue weighted by Crippen LogP contribution is 2.38. The molecule has 1 aliphatic rings. The summed E-state index contributed by atoms with van der Waals surface area (Å²) in [4.78, 5) is 0. The van der Waals surface area contributed by atoms with E-state index in [2.05, 4.69) is 46.3 Å². The van der Waals surface area contributed by atoms with E-state index in [-0.39, 0.29) is 0 Å². The van der Waals surface area contributed by atoms with E-state index in [0.717, 1.165) is 17.9 Å². The summed E-state index contributed by atoms with van der Waals surface area (Å²) in [6.07, 6.45) is 7.11. The Morgan fingerprint density at radius 3 is 2.86 bits per heavy atom. The lowest BCUT2D eigenvalue weighted by molar-refractivity contribution is 0.656. The van der Waals surface area contributed by atoms with E-state index in [1.165, 1.54) is 36.9 Å². The lowest BCUT2D eigenvalue weighted by Gasteiger charge is -2.16. The van der Waals surface area contributed by atoms with Crippen LogP contribution in [-0.4, -0.2) is 22.9 Å². The van der Waals surface area contributed by atoms with E-state index in [9.17, 15) is 0 Å². The summed E-state index contributed by atoms with van der Waals surface area (Å²) in [5.41, 5.74) is 10.5. The SMILES string of the molecule is Cc1cccc(-n2ncc(NCCN)c2C2CCCC2)c1. The molecule has 3 rings (SSSR count). The number of aromatic nitrogens is 2. The Morgan fingerprint density at radius 1 is 1.33 bits per heavy atom. The summed E-state index contributed by atoms with van der Waals surface area (Å²) in [5, 5.41) is 8.07. The van der Waals surface area contributed by atoms with E-state index in [1.54, 1.807) is 0 Å². The van der Waals surface area contributed by atoms with Gasteiger partial charge in [-0.1, -0.05) is 25.0 Å². The van der Waals surface area contributed by atoms with E-state index < -0.39 is 0 Å². The van der Waals surface area contributed by atoms with Crippen LogP contribution in [0.1, 0.15) is 42.9 Å². The van der Waals surface area contributed by atoms with Crippen LogP contribution in [0.5, 0.6) is 0 Å². The third-order valence-corrected chi connectivity index (χ3v) is 4.25. The standard InChI is InChI=1S/C17H24N4/c1-13-5-4-8-15(11-13)21-17(14-6-2-3-7-14)16(12-20-21)19-10-9-18/h4-5,8,11-12,14,19H,2-3,6-7,9-10,18H2,1H3. The molecule has 21 heavy (non-hydrogen) atoms. The van der Waals surface area contributed by atoms with Crippen molar-refractivity contribution in [2.45, 2.75) is 38.5 Å². The van der Waals surface area contributed by atoms with Gasteiger partial charge in [0.15, 0.2) is 0 Å². The van der Waals surface area contributed by atoms with Gasteiger partial charge in [-0.25, -0.2) is 4.68 Å². The van der Waals surface area contributed by atoms with Crippen LogP contribution >= 0.6 is 0 Å². The van der Waals surface area contributed by atoms with Gasteiger partial charge in [0, 0.05) is 19.0 Å². The van der Waals surface area contributed by atoms with Crippen molar-refractivity contribution in [2.24, 2.45) is 5.73 Å². The summed E-state index contributed by atoms with van der Waals surface area (Å²) in [6.45, 7) is 3.55. The zero-order valence-electron chi connectivity index (χ0n) is 12.7. The molecule has 112 valence electrons. The van der Waals surface area contributed by atoms with Gasteiger partial charge >= 0.3 is 0 Å². The summed E-state index contributed by atoms with van der Waals surface area (Å²) in [5.74, 6) is 0.605. The Morgan fingerprint density at radius 2 is 2.14 bits per heavy atom. The smallest absolute Gasteiger partial charge is 0.0767 e. The van der Waals surface area contributed by atoms with Gasteiger partial charge in [0.25, 0.3) is 0 Å². The second-order valence-electron chi connectivity index (χ2n) is 5.89. The maximum absolute atomic E-state index is 5.63. The molecule has 1 heterocycles. The lowest BCUT2D eigenvalue weighted by Crippen LogP contribution is -2.15. The fraction of sp³-hybridized carbons (Fsp3) is 0.471. The molecule has 0 amide bonds. The molecular weight excluding hydrogens is 260 g/mol. The van der Waals surface area contributed by atoms with Crippen molar-refractivity contribution in [3.8, 4) is 5.69 Å². The molecule has 0 bridgehead atoms. The van der Waals surface area contributed by atoms with Gasteiger partial charge in [0.2, 0.25) is 0 Å². The average Bonchev–Trinajstić information content (AvgIpc) is 3.14. The van der Waals surface area contributed by atoms with Crippen molar-refractivity contribution in [1.29, 1.82) is 0 Å². The van der Waals surface area contributed by atoms with Crippen molar-refractivity contribution in [1.82, 2.24) is 9.78 Å². The molecule has 4 nitrogen and oxygen atoms in total. The molecule has 2 aromatic rings. The average molecular weight is 284 g/mol. The zero-order valence-corrected chi connectivity index (χ0v) is 12.7. The lowest BCUT2D eigenvalue weighted by atomic mass is 10.0. The van der Waals surface area contributed by atoms with Crippen LogP contribution in [0.15, 0.2) is 30.5 Å². The first-order valence-corrected chi connectivity index (χ1v) is 7.88. The fourth-order valence-electron chi connectivity index (χ4n) is 3.26. The van der Waals surface area contributed by atoms with Crippen molar-refractivity contribution in [2.75, 3.05) is 18.4 Å². The summed E-state index contributed by atoms with van der Waals surface area (Å²) in [6, 6.07) is 8.54. The Kier molecular flexibility index (Phi) is 4.25. The quantitative estimate of drug-likeness (QED) is 0.886. The molecule has 0 unspecified atom stereocenters. The number of nitrogens with one attached hydrogen (secondary N) is 1. The maximum Gasteiger partial charge on any atom is 0.0767 e. The fourth-order valence-corrected chi connectivity index (χ4v) is 3.26. The van der Waals surface area contributed by atoms with Crippen molar-refractivity contribution < 1.29 is 0 Å². The predicted molar refractivity (Wildman–Crippen MR) is 87.1 cm³/mol. The van der Waals surface area contributed by atoms with Crippen molar-refractivity contribution >= 4 is 5.69 Å². The number of aryl methyl sites for hydroxylation is 1. The number of nitrogens with two attached hydrogens (primary N) is 1. The number of nitrogens with zero attached hydrogens (tertiary/aromatic N) is 2. The minimum Gasteiger partial charge on any atom is -0.381 e. The third kappa shape index (κ3) is 2.95. The van der Waals surface area contributed by atoms with Gasteiger partial charge in [-0.2, -0.15) is 5.10 Å². The molecule has 0 radical (unpaired) electrons. The summed E-state index contributed by atoms with van der Waals surface area (Å²) in [7, 11) is 0. The summed E-state index contributed by atoms with van der Waals surface area (Å²) < 4.78 is 2.11. The second-order valence-corrected chi connectivity index (χ2v) is 5.89. The topological polar surface area (TPSA) is 55.9 Å².